The molecule has 3 heterocycles. The number of rotatable bonds is 3. The van der Waals surface area contributed by atoms with Crippen LogP contribution < -0.4 is 0 Å². The van der Waals surface area contributed by atoms with E-state index in [4.69, 9.17) is 9.63 Å². The smallest absolute Gasteiger partial charge is 0.304 e. The van der Waals surface area contributed by atoms with Crippen molar-refractivity contribution in [2.24, 2.45) is 0 Å². The molecule has 0 saturated carbocycles. The van der Waals surface area contributed by atoms with E-state index in [0.717, 1.165) is 35.1 Å². The molecule has 0 radical (unpaired) electrons. The molecule has 0 fully saturated rings. The third-order valence-corrected chi connectivity index (χ3v) is 4.26. The molecule has 1 aliphatic heterocycles. The lowest BCUT2D eigenvalue weighted by Gasteiger charge is -2.04. The van der Waals surface area contributed by atoms with Crippen molar-refractivity contribution in [3.63, 3.8) is 0 Å². The topological polar surface area (TPSA) is 81.2 Å². The van der Waals surface area contributed by atoms with Crippen LogP contribution >= 0.6 is 0 Å². The van der Waals surface area contributed by atoms with Gasteiger partial charge in [-0.05, 0) is 30.7 Å². The summed E-state index contributed by atoms with van der Waals surface area (Å²) in [6, 6.07) is 8.14. The number of fused-ring (bicyclic) bond motifs is 3. The highest BCUT2D eigenvalue weighted by Gasteiger charge is 2.26. The predicted molar refractivity (Wildman–Crippen MR) is 79.6 cm³/mol. The van der Waals surface area contributed by atoms with Gasteiger partial charge in [0, 0.05) is 41.5 Å². The lowest BCUT2D eigenvalue weighted by Crippen LogP contribution is -2.02. The van der Waals surface area contributed by atoms with Gasteiger partial charge < -0.3 is 14.2 Å². The molecule has 0 aliphatic carbocycles. The molecule has 0 amide bonds. The Morgan fingerprint density at radius 3 is 3.05 bits per heavy atom. The zero-order chi connectivity index (χ0) is 15.3. The Morgan fingerprint density at radius 2 is 2.32 bits per heavy atom. The Bertz CT molecular complexity index is 878. The summed E-state index contributed by atoms with van der Waals surface area (Å²) in [5.41, 5.74) is 3.15. The third-order valence-electron chi connectivity index (χ3n) is 4.26. The minimum absolute atomic E-state index is 0.0979. The number of aliphatic carboxylic acids is 1. The maximum atomic E-state index is 11.0. The number of carbonyl (C=O) groups is 1. The van der Waals surface area contributed by atoms with Crippen LogP contribution in [0, 0.1) is 6.92 Å². The number of nitrogens with zero attached hydrogens (tertiary/aromatic N) is 3. The SMILES string of the molecule is Cc1nc(-c2ccc3c(c2)cc2n3CCC2CC(=O)O)no1. The van der Waals surface area contributed by atoms with Gasteiger partial charge in [-0.2, -0.15) is 4.98 Å². The molecule has 112 valence electrons. The first-order valence-corrected chi connectivity index (χ1v) is 7.27. The van der Waals surface area contributed by atoms with Crippen molar-refractivity contribution in [3.05, 3.63) is 35.9 Å². The van der Waals surface area contributed by atoms with E-state index in [9.17, 15) is 4.79 Å². The number of hydrogen-bond donors (Lipinski definition) is 1. The summed E-state index contributed by atoms with van der Waals surface area (Å²) < 4.78 is 7.24. The average molecular weight is 297 g/mol. The van der Waals surface area contributed by atoms with Gasteiger partial charge in [-0.25, -0.2) is 0 Å². The van der Waals surface area contributed by atoms with Crippen LogP contribution in [0.15, 0.2) is 28.8 Å². The van der Waals surface area contributed by atoms with Crippen molar-refractivity contribution in [2.75, 3.05) is 0 Å². The van der Waals surface area contributed by atoms with Gasteiger partial charge in [-0.3, -0.25) is 4.79 Å². The lowest BCUT2D eigenvalue weighted by molar-refractivity contribution is -0.137. The van der Waals surface area contributed by atoms with E-state index < -0.39 is 5.97 Å². The van der Waals surface area contributed by atoms with E-state index in [-0.39, 0.29) is 12.3 Å². The van der Waals surface area contributed by atoms with E-state index in [0.29, 0.717) is 11.7 Å². The number of benzene rings is 1. The van der Waals surface area contributed by atoms with Gasteiger partial charge in [-0.1, -0.05) is 5.16 Å². The van der Waals surface area contributed by atoms with Gasteiger partial charge in [0.25, 0.3) is 0 Å². The highest BCUT2D eigenvalue weighted by molar-refractivity contribution is 5.86. The molecule has 1 aromatic carbocycles. The fraction of sp³-hybridized carbons (Fsp3) is 0.312. The summed E-state index contributed by atoms with van der Waals surface area (Å²) in [7, 11) is 0. The molecule has 0 bridgehead atoms. The van der Waals surface area contributed by atoms with Crippen LogP contribution in [-0.2, 0) is 11.3 Å². The van der Waals surface area contributed by atoms with Crippen molar-refractivity contribution in [1.29, 1.82) is 0 Å². The standard InChI is InChI=1S/C16H15N3O3/c1-9-17-16(18-22-9)11-2-3-13-12(6-11)7-14-10(8-15(20)21)4-5-19(13)14/h2-3,6-7,10H,4-5,8H2,1H3,(H,20,21). The van der Waals surface area contributed by atoms with Gasteiger partial charge in [0.1, 0.15) is 0 Å². The maximum absolute atomic E-state index is 11.0. The van der Waals surface area contributed by atoms with Gasteiger partial charge in [-0.15, -0.1) is 0 Å². The third kappa shape index (κ3) is 1.99. The highest BCUT2D eigenvalue weighted by Crippen LogP contribution is 2.37. The van der Waals surface area contributed by atoms with Crippen LogP contribution in [0.4, 0.5) is 0 Å². The van der Waals surface area contributed by atoms with Crippen molar-refractivity contribution in [1.82, 2.24) is 14.7 Å². The molecule has 1 atom stereocenters. The first-order chi connectivity index (χ1) is 10.6. The quantitative estimate of drug-likeness (QED) is 0.803. The van der Waals surface area contributed by atoms with Crippen LogP contribution in [0.1, 0.15) is 30.3 Å². The molecule has 1 N–H and O–H groups in total. The summed E-state index contributed by atoms with van der Waals surface area (Å²) in [6.45, 7) is 2.63. The van der Waals surface area contributed by atoms with Crippen LogP contribution in [0.3, 0.4) is 0 Å². The zero-order valence-corrected chi connectivity index (χ0v) is 12.1. The second-order valence-corrected chi connectivity index (χ2v) is 5.71. The van der Waals surface area contributed by atoms with E-state index in [1.165, 1.54) is 0 Å². The monoisotopic (exact) mass is 297 g/mol. The summed E-state index contributed by atoms with van der Waals surface area (Å²) in [6.07, 6.45) is 1.08. The van der Waals surface area contributed by atoms with Gasteiger partial charge in [0.2, 0.25) is 11.7 Å². The Balaban J connectivity index is 1.78. The van der Waals surface area contributed by atoms with Crippen molar-refractivity contribution >= 4 is 16.9 Å². The Hall–Kier alpha value is -2.63. The van der Waals surface area contributed by atoms with Crippen LogP contribution in [0.5, 0.6) is 0 Å². The zero-order valence-electron chi connectivity index (χ0n) is 12.1. The maximum Gasteiger partial charge on any atom is 0.304 e. The molecular weight excluding hydrogens is 282 g/mol. The molecule has 1 aliphatic rings. The molecule has 4 rings (SSSR count). The summed E-state index contributed by atoms with van der Waals surface area (Å²) >= 11 is 0. The minimum Gasteiger partial charge on any atom is -0.481 e. The molecular formula is C16H15N3O3. The van der Waals surface area contributed by atoms with Gasteiger partial charge in [0.05, 0.1) is 6.42 Å². The van der Waals surface area contributed by atoms with Crippen LogP contribution in [-0.4, -0.2) is 25.8 Å². The number of aryl methyl sites for hydroxylation is 2. The van der Waals surface area contributed by atoms with E-state index in [1.54, 1.807) is 6.92 Å². The largest absolute Gasteiger partial charge is 0.481 e. The predicted octanol–water partition coefficient (Wildman–Crippen LogP) is 2.96. The Labute approximate surface area is 126 Å². The highest BCUT2D eigenvalue weighted by atomic mass is 16.5. The fourth-order valence-corrected chi connectivity index (χ4v) is 3.29. The molecule has 6 nitrogen and oxygen atoms in total. The summed E-state index contributed by atoms with van der Waals surface area (Å²) in [5.74, 6) is 0.469. The summed E-state index contributed by atoms with van der Waals surface area (Å²) in [4.78, 5) is 15.2. The number of aromatic nitrogens is 3. The first-order valence-electron chi connectivity index (χ1n) is 7.27. The molecule has 0 saturated heterocycles. The second-order valence-electron chi connectivity index (χ2n) is 5.71. The second kappa shape index (κ2) is 4.69. The van der Waals surface area contributed by atoms with Gasteiger partial charge >= 0.3 is 5.97 Å². The van der Waals surface area contributed by atoms with Crippen molar-refractivity contribution in [3.8, 4) is 11.4 Å². The molecule has 6 heteroatoms. The van der Waals surface area contributed by atoms with Crippen molar-refractivity contribution in [2.45, 2.75) is 32.2 Å². The van der Waals surface area contributed by atoms with E-state index in [1.807, 2.05) is 18.2 Å². The molecule has 2 aromatic heterocycles. The normalized spacial score (nSPS) is 17.0. The van der Waals surface area contributed by atoms with Crippen LogP contribution in [0.2, 0.25) is 0 Å². The fourth-order valence-electron chi connectivity index (χ4n) is 3.29. The molecule has 3 aromatic rings. The lowest BCUT2D eigenvalue weighted by atomic mass is 10.0. The van der Waals surface area contributed by atoms with E-state index in [2.05, 4.69) is 20.8 Å². The molecule has 0 spiro atoms. The van der Waals surface area contributed by atoms with Crippen LogP contribution in [0.25, 0.3) is 22.3 Å². The average Bonchev–Trinajstić information content (AvgIpc) is 3.14. The van der Waals surface area contributed by atoms with E-state index >= 15 is 0 Å². The minimum atomic E-state index is -0.744. The number of hydrogen-bond acceptors (Lipinski definition) is 4. The first kappa shape index (κ1) is 13.1. The number of carboxylic acid groups (broad SMARTS) is 1. The Kier molecular flexibility index (Phi) is 2.79. The molecule has 22 heavy (non-hydrogen) atoms. The Morgan fingerprint density at radius 1 is 1.45 bits per heavy atom. The van der Waals surface area contributed by atoms with Crippen molar-refractivity contribution < 1.29 is 14.4 Å². The summed E-state index contributed by atoms with van der Waals surface area (Å²) in [5, 5.41) is 14.1. The number of carboxylic acids is 1. The molecule has 1 unspecified atom stereocenters. The van der Waals surface area contributed by atoms with Gasteiger partial charge in [0.15, 0.2) is 0 Å².